The number of hydrogen-bond acceptors (Lipinski definition) is 5. The topological polar surface area (TPSA) is 76.4 Å². The molecule has 2 aliphatic rings. The van der Waals surface area contributed by atoms with Gasteiger partial charge in [-0.15, -0.1) is 0 Å². The Labute approximate surface area is 201 Å². The lowest BCUT2D eigenvalue weighted by atomic mass is 10.0. The van der Waals surface area contributed by atoms with Gasteiger partial charge in [-0.05, 0) is 42.7 Å². The number of ether oxygens (including phenoxy) is 2. The third-order valence-corrected chi connectivity index (χ3v) is 6.81. The lowest BCUT2D eigenvalue weighted by molar-refractivity contribution is -0.144. The van der Waals surface area contributed by atoms with Crippen LogP contribution in [0.5, 0.6) is 5.75 Å². The lowest BCUT2D eigenvalue weighted by Crippen LogP contribution is -2.44. The lowest BCUT2D eigenvalue weighted by Gasteiger charge is -2.28. The van der Waals surface area contributed by atoms with E-state index < -0.39 is 0 Å². The molecule has 0 N–H and O–H groups in total. The van der Waals surface area contributed by atoms with Crippen LogP contribution in [0.2, 0.25) is 0 Å². The third-order valence-electron chi connectivity index (χ3n) is 6.81. The van der Waals surface area contributed by atoms with Crippen molar-refractivity contribution in [1.29, 1.82) is 0 Å². The number of carbonyl (C=O) groups is 2. The SMILES string of the molecule is COCCN(CC(=O)N1N=C(c2cccn2C)C[C@@H]1c1ccc(OC)cc1)C(=O)C1CCCC1. The molecular weight excluding hydrogens is 432 g/mol. The Morgan fingerprint density at radius 2 is 1.85 bits per heavy atom. The first-order valence-electron chi connectivity index (χ1n) is 11.9. The van der Waals surface area contributed by atoms with E-state index >= 15 is 0 Å². The molecule has 0 saturated heterocycles. The Bertz CT molecular complexity index is 1020. The predicted molar refractivity (Wildman–Crippen MR) is 130 cm³/mol. The van der Waals surface area contributed by atoms with E-state index in [1.54, 1.807) is 24.1 Å². The summed E-state index contributed by atoms with van der Waals surface area (Å²) in [6.07, 6.45) is 6.49. The minimum Gasteiger partial charge on any atom is -0.497 e. The second-order valence-corrected chi connectivity index (χ2v) is 9.02. The van der Waals surface area contributed by atoms with Crippen LogP contribution in [0.4, 0.5) is 0 Å². The average Bonchev–Trinajstić information content (AvgIpc) is 3.62. The minimum absolute atomic E-state index is 0.00282. The molecule has 1 aromatic carbocycles. The Morgan fingerprint density at radius 3 is 2.47 bits per heavy atom. The van der Waals surface area contributed by atoms with Gasteiger partial charge in [-0.3, -0.25) is 9.59 Å². The van der Waals surface area contributed by atoms with Gasteiger partial charge in [0.1, 0.15) is 12.3 Å². The van der Waals surface area contributed by atoms with Crippen LogP contribution >= 0.6 is 0 Å². The van der Waals surface area contributed by atoms with E-state index in [1.807, 2.05) is 54.2 Å². The fourth-order valence-corrected chi connectivity index (χ4v) is 4.88. The fourth-order valence-electron chi connectivity index (χ4n) is 4.88. The van der Waals surface area contributed by atoms with E-state index in [0.29, 0.717) is 19.6 Å². The zero-order valence-electron chi connectivity index (χ0n) is 20.3. The summed E-state index contributed by atoms with van der Waals surface area (Å²) in [5.74, 6) is 0.626. The van der Waals surface area contributed by atoms with Gasteiger partial charge in [-0.25, -0.2) is 5.01 Å². The summed E-state index contributed by atoms with van der Waals surface area (Å²) in [5, 5.41) is 6.32. The van der Waals surface area contributed by atoms with Gasteiger partial charge >= 0.3 is 0 Å². The Morgan fingerprint density at radius 1 is 1.12 bits per heavy atom. The van der Waals surface area contributed by atoms with Crippen molar-refractivity contribution in [1.82, 2.24) is 14.5 Å². The monoisotopic (exact) mass is 466 g/mol. The van der Waals surface area contributed by atoms with E-state index in [4.69, 9.17) is 14.6 Å². The van der Waals surface area contributed by atoms with Gasteiger partial charge < -0.3 is 18.9 Å². The second kappa shape index (κ2) is 10.9. The molecule has 8 heteroatoms. The van der Waals surface area contributed by atoms with Crippen LogP contribution in [0, 0.1) is 5.92 Å². The number of aromatic nitrogens is 1. The molecule has 0 unspecified atom stereocenters. The van der Waals surface area contributed by atoms with Crippen molar-refractivity contribution >= 4 is 17.5 Å². The molecule has 1 saturated carbocycles. The minimum atomic E-state index is -0.242. The Kier molecular flexibility index (Phi) is 7.67. The van der Waals surface area contributed by atoms with E-state index in [0.717, 1.165) is 48.4 Å². The number of hydrazone groups is 1. The molecule has 0 spiro atoms. The van der Waals surface area contributed by atoms with Crippen molar-refractivity contribution < 1.29 is 19.1 Å². The number of amides is 2. The van der Waals surface area contributed by atoms with Crippen molar-refractivity contribution in [2.75, 3.05) is 33.9 Å². The fraction of sp³-hybridized carbons (Fsp3) is 0.500. The van der Waals surface area contributed by atoms with Gasteiger partial charge in [0, 0.05) is 39.2 Å². The summed E-state index contributed by atoms with van der Waals surface area (Å²) < 4.78 is 12.5. The first-order valence-corrected chi connectivity index (χ1v) is 11.9. The molecule has 2 amide bonds. The van der Waals surface area contributed by atoms with Crippen molar-refractivity contribution in [3.63, 3.8) is 0 Å². The standard InChI is InChI=1S/C26H34N4O4/c1-28-14-6-9-23(28)22-17-24(19-10-12-21(34-3)13-11-19)30(27-22)25(31)18-29(15-16-33-2)26(32)20-7-4-5-8-20/h6,9-14,20,24H,4-5,7-8,15-18H2,1-3H3/t24-/m1/s1. The van der Waals surface area contributed by atoms with Crippen LogP contribution < -0.4 is 4.74 Å². The van der Waals surface area contributed by atoms with E-state index in [2.05, 4.69) is 0 Å². The first kappa shape index (κ1) is 24.0. The highest BCUT2D eigenvalue weighted by molar-refractivity contribution is 6.02. The summed E-state index contributed by atoms with van der Waals surface area (Å²) in [5.41, 5.74) is 2.81. The molecule has 0 radical (unpaired) electrons. The van der Waals surface area contributed by atoms with E-state index in [-0.39, 0.29) is 30.3 Å². The average molecular weight is 467 g/mol. The van der Waals surface area contributed by atoms with E-state index in [9.17, 15) is 9.59 Å². The van der Waals surface area contributed by atoms with Crippen molar-refractivity contribution in [3.8, 4) is 5.75 Å². The maximum absolute atomic E-state index is 13.6. The number of benzene rings is 1. The van der Waals surface area contributed by atoms with E-state index in [1.165, 1.54) is 0 Å². The molecule has 2 heterocycles. The molecule has 2 aromatic rings. The summed E-state index contributed by atoms with van der Waals surface area (Å²) in [6, 6.07) is 11.5. The first-order chi connectivity index (χ1) is 16.5. The van der Waals surface area contributed by atoms with Crippen LogP contribution in [0.15, 0.2) is 47.7 Å². The van der Waals surface area contributed by atoms with Crippen LogP contribution in [0.1, 0.15) is 49.4 Å². The summed E-state index contributed by atoms with van der Waals surface area (Å²) in [6.45, 7) is 0.785. The Balaban J connectivity index is 1.59. The molecule has 1 aliphatic carbocycles. The largest absolute Gasteiger partial charge is 0.497 e. The van der Waals surface area contributed by atoms with Crippen molar-refractivity contribution in [2.45, 2.75) is 38.1 Å². The van der Waals surface area contributed by atoms with Crippen LogP contribution in [0.3, 0.4) is 0 Å². The third kappa shape index (κ3) is 5.17. The summed E-state index contributed by atoms with van der Waals surface area (Å²) in [7, 11) is 5.21. The normalized spacial score (nSPS) is 18.3. The molecule has 4 rings (SSSR count). The number of nitrogens with zero attached hydrogens (tertiary/aromatic N) is 4. The second-order valence-electron chi connectivity index (χ2n) is 9.02. The molecule has 1 fully saturated rings. The highest BCUT2D eigenvalue weighted by Gasteiger charge is 2.36. The number of methoxy groups -OCH3 is 2. The molecule has 182 valence electrons. The van der Waals surface area contributed by atoms with Gasteiger partial charge in [0.2, 0.25) is 5.91 Å². The molecule has 34 heavy (non-hydrogen) atoms. The number of carbonyl (C=O) groups excluding carboxylic acids is 2. The highest BCUT2D eigenvalue weighted by Crippen LogP contribution is 2.34. The maximum atomic E-state index is 13.6. The molecule has 8 nitrogen and oxygen atoms in total. The van der Waals surface area contributed by atoms with Gasteiger partial charge in [-0.1, -0.05) is 25.0 Å². The molecule has 1 atom stereocenters. The highest BCUT2D eigenvalue weighted by atomic mass is 16.5. The van der Waals surface area contributed by atoms with Crippen molar-refractivity contribution in [3.05, 3.63) is 53.9 Å². The molecular formula is C26H34N4O4. The molecule has 1 aromatic heterocycles. The Hall–Kier alpha value is -3.13. The summed E-state index contributed by atoms with van der Waals surface area (Å²) in [4.78, 5) is 28.4. The number of hydrogen-bond donors (Lipinski definition) is 0. The number of rotatable bonds is 9. The zero-order chi connectivity index (χ0) is 24.1. The molecule has 1 aliphatic heterocycles. The van der Waals surface area contributed by atoms with Crippen LogP contribution in [0.25, 0.3) is 0 Å². The number of aryl methyl sites for hydroxylation is 1. The van der Waals surface area contributed by atoms with Gasteiger partial charge in [0.15, 0.2) is 0 Å². The van der Waals surface area contributed by atoms with Gasteiger partial charge in [0.05, 0.1) is 31.2 Å². The van der Waals surface area contributed by atoms with Crippen LogP contribution in [-0.2, 0) is 21.4 Å². The smallest absolute Gasteiger partial charge is 0.262 e. The predicted octanol–water partition coefficient (Wildman–Crippen LogP) is 3.38. The maximum Gasteiger partial charge on any atom is 0.262 e. The molecule has 0 bridgehead atoms. The van der Waals surface area contributed by atoms with Crippen LogP contribution in [-0.4, -0.2) is 65.9 Å². The van der Waals surface area contributed by atoms with Crippen molar-refractivity contribution in [2.24, 2.45) is 18.1 Å². The summed E-state index contributed by atoms with van der Waals surface area (Å²) >= 11 is 0. The zero-order valence-corrected chi connectivity index (χ0v) is 20.3. The van der Waals surface area contributed by atoms with Gasteiger partial charge in [0.25, 0.3) is 5.91 Å². The van der Waals surface area contributed by atoms with Gasteiger partial charge in [-0.2, -0.15) is 5.10 Å². The quantitative estimate of drug-likeness (QED) is 0.568.